The zero-order chi connectivity index (χ0) is 25.6. The van der Waals surface area contributed by atoms with Crippen LogP contribution in [0.15, 0.2) is 42.6 Å². The van der Waals surface area contributed by atoms with Gasteiger partial charge >= 0.3 is 12.3 Å². The van der Waals surface area contributed by atoms with Crippen LogP contribution in [0.4, 0.5) is 18.0 Å². The van der Waals surface area contributed by atoms with Crippen molar-refractivity contribution in [3.05, 3.63) is 59.4 Å². The van der Waals surface area contributed by atoms with Crippen LogP contribution in [0.3, 0.4) is 0 Å². The summed E-state index contributed by atoms with van der Waals surface area (Å²) in [7, 11) is 0. The lowest BCUT2D eigenvalue weighted by molar-refractivity contribution is -0.176. The van der Waals surface area contributed by atoms with Gasteiger partial charge in [0.15, 0.2) is 0 Å². The molecule has 1 aromatic heterocycles. The number of carbonyl (C=O) groups is 2. The number of likely N-dealkylation sites (tertiary alicyclic amines) is 1. The molecule has 1 aliphatic rings. The Morgan fingerprint density at radius 2 is 1.66 bits per heavy atom. The molecule has 0 radical (unpaired) electrons. The summed E-state index contributed by atoms with van der Waals surface area (Å²) < 4.78 is 48.6. The van der Waals surface area contributed by atoms with Gasteiger partial charge in [0.25, 0.3) is 5.91 Å². The first-order valence-electron chi connectivity index (χ1n) is 11.6. The van der Waals surface area contributed by atoms with E-state index in [4.69, 9.17) is 4.74 Å². The molecule has 0 unspecified atom stereocenters. The van der Waals surface area contributed by atoms with Crippen molar-refractivity contribution in [1.29, 1.82) is 0 Å². The molecular weight excluding hydrogens is 463 g/mol. The largest absolute Gasteiger partial charge is 0.444 e. The number of halogens is 3. The predicted molar refractivity (Wildman–Crippen MR) is 124 cm³/mol. The molecule has 0 spiro atoms. The Kier molecular flexibility index (Phi) is 8.47. The van der Waals surface area contributed by atoms with Crippen LogP contribution in [0.1, 0.15) is 61.3 Å². The van der Waals surface area contributed by atoms with E-state index in [9.17, 15) is 22.8 Å². The van der Waals surface area contributed by atoms with Gasteiger partial charge in [0.2, 0.25) is 0 Å². The summed E-state index contributed by atoms with van der Waals surface area (Å²) in [6.45, 7) is 5.48. The van der Waals surface area contributed by atoms with Crippen molar-refractivity contribution in [1.82, 2.24) is 14.8 Å². The van der Waals surface area contributed by atoms with E-state index < -0.39 is 18.4 Å². The molecule has 0 bridgehead atoms. The number of carbonyl (C=O) groups excluding carboxylic acids is 2. The summed E-state index contributed by atoms with van der Waals surface area (Å²) in [6, 6.07) is 10.5. The topological polar surface area (TPSA) is 72.8 Å². The quantitative estimate of drug-likeness (QED) is 0.582. The summed E-state index contributed by atoms with van der Waals surface area (Å²) in [5.41, 5.74) is 1.44. The third kappa shape index (κ3) is 8.31. The molecule has 2 heterocycles. The van der Waals surface area contributed by atoms with Crippen LogP contribution < -0.4 is 5.32 Å². The highest BCUT2D eigenvalue weighted by Crippen LogP contribution is 2.26. The maximum absolute atomic E-state index is 12.8. The molecule has 1 aliphatic heterocycles. The van der Waals surface area contributed by atoms with Gasteiger partial charge in [0.05, 0.1) is 6.61 Å². The van der Waals surface area contributed by atoms with Crippen molar-refractivity contribution in [3.63, 3.8) is 0 Å². The molecule has 2 amide bonds. The highest BCUT2D eigenvalue weighted by atomic mass is 19.4. The van der Waals surface area contributed by atoms with Crippen molar-refractivity contribution >= 4 is 12.0 Å². The Morgan fingerprint density at radius 3 is 2.26 bits per heavy atom. The summed E-state index contributed by atoms with van der Waals surface area (Å²) in [5.74, 6) is -0.220. The van der Waals surface area contributed by atoms with Crippen molar-refractivity contribution in [3.8, 4) is 0 Å². The minimum absolute atomic E-state index is 0.0976. The lowest BCUT2D eigenvalue weighted by Crippen LogP contribution is -2.42. The highest BCUT2D eigenvalue weighted by molar-refractivity contribution is 5.92. The normalized spacial score (nSPS) is 15.2. The summed E-state index contributed by atoms with van der Waals surface area (Å²) in [5, 5.41) is 2.89. The van der Waals surface area contributed by atoms with Gasteiger partial charge in [-0.15, -0.1) is 0 Å². The second-order valence-corrected chi connectivity index (χ2v) is 9.61. The van der Waals surface area contributed by atoms with Crippen LogP contribution in [-0.4, -0.2) is 52.9 Å². The predicted octanol–water partition coefficient (Wildman–Crippen LogP) is 5.07. The van der Waals surface area contributed by atoms with Gasteiger partial charge < -0.3 is 24.3 Å². The second kappa shape index (κ2) is 11.2. The number of alkyl halides is 3. The van der Waals surface area contributed by atoms with Crippen LogP contribution in [0.25, 0.3) is 0 Å². The van der Waals surface area contributed by atoms with E-state index in [1.807, 2.05) is 37.6 Å². The van der Waals surface area contributed by atoms with E-state index in [2.05, 4.69) is 10.1 Å². The SMILES string of the molecule is CC(C)(C)OC(=O)N1CCC(n2cccc2C(=O)NCc2ccc(COCC(F)(F)F)cc2)CC1. The Labute approximate surface area is 203 Å². The Morgan fingerprint density at radius 1 is 1.03 bits per heavy atom. The van der Waals surface area contributed by atoms with Crippen LogP contribution in [0, 0.1) is 0 Å². The maximum atomic E-state index is 12.8. The number of aromatic nitrogens is 1. The summed E-state index contributed by atoms with van der Waals surface area (Å²) in [6.07, 6.45) is -1.37. The van der Waals surface area contributed by atoms with Crippen molar-refractivity contribution in [2.45, 2.75) is 64.6 Å². The van der Waals surface area contributed by atoms with Crippen LogP contribution in [0.2, 0.25) is 0 Å². The van der Waals surface area contributed by atoms with E-state index >= 15 is 0 Å². The standard InChI is InChI=1S/C25H32F3N3O4/c1-24(2,3)35-23(33)30-13-10-20(11-14-30)31-12-4-5-21(31)22(32)29-15-18-6-8-19(9-7-18)16-34-17-25(26,27)28/h4-9,12,20H,10-11,13-17H2,1-3H3,(H,29,32). The molecule has 3 rings (SSSR count). The number of amides is 2. The molecule has 35 heavy (non-hydrogen) atoms. The molecule has 0 saturated carbocycles. The smallest absolute Gasteiger partial charge is 0.411 e. The molecule has 1 fully saturated rings. The van der Waals surface area contributed by atoms with Crippen LogP contribution in [0.5, 0.6) is 0 Å². The number of nitrogens with zero attached hydrogens (tertiary/aromatic N) is 2. The van der Waals surface area contributed by atoms with E-state index in [0.29, 0.717) is 37.2 Å². The number of hydrogen-bond donors (Lipinski definition) is 1. The molecule has 1 N–H and O–H groups in total. The Bertz CT molecular complexity index is 989. The van der Waals surface area contributed by atoms with Gasteiger partial charge in [-0.1, -0.05) is 24.3 Å². The van der Waals surface area contributed by atoms with Crippen molar-refractivity contribution in [2.75, 3.05) is 19.7 Å². The van der Waals surface area contributed by atoms with Gasteiger partial charge in [0.1, 0.15) is 17.9 Å². The van der Waals surface area contributed by atoms with Crippen LogP contribution in [-0.2, 0) is 22.6 Å². The first-order valence-corrected chi connectivity index (χ1v) is 11.6. The molecule has 7 nitrogen and oxygen atoms in total. The van der Waals surface area contributed by atoms with Crippen LogP contribution >= 0.6 is 0 Å². The van der Waals surface area contributed by atoms with Gasteiger partial charge in [0, 0.05) is 31.9 Å². The lowest BCUT2D eigenvalue weighted by atomic mass is 10.0. The fourth-order valence-electron chi connectivity index (χ4n) is 3.87. The third-order valence-electron chi connectivity index (χ3n) is 5.53. The molecule has 0 aliphatic carbocycles. The maximum Gasteiger partial charge on any atom is 0.411 e. The van der Waals surface area contributed by atoms with Gasteiger partial charge in [-0.3, -0.25) is 4.79 Å². The van der Waals surface area contributed by atoms with Gasteiger partial charge in [-0.05, 0) is 56.9 Å². The van der Waals surface area contributed by atoms with E-state index in [1.165, 1.54) is 0 Å². The van der Waals surface area contributed by atoms with Gasteiger partial charge in [-0.2, -0.15) is 13.2 Å². The van der Waals surface area contributed by atoms with Crippen molar-refractivity contribution < 1.29 is 32.2 Å². The highest BCUT2D eigenvalue weighted by Gasteiger charge is 2.29. The lowest BCUT2D eigenvalue weighted by Gasteiger charge is -2.34. The van der Waals surface area contributed by atoms with E-state index in [-0.39, 0.29) is 31.2 Å². The third-order valence-corrected chi connectivity index (χ3v) is 5.53. The Hall–Kier alpha value is -3.01. The zero-order valence-corrected chi connectivity index (χ0v) is 20.2. The molecule has 1 saturated heterocycles. The average molecular weight is 496 g/mol. The number of nitrogens with one attached hydrogen (secondary N) is 1. The first kappa shape index (κ1) is 26.6. The number of piperidine rings is 1. The fraction of sp³-hybridized carbons (Fsp3) is 0.520. The molecule has 192 valence electrons. The van der Waals surface area contributed by atoms with E-state index in [1.54, 1.807) is 35.2 Å². The minimum atomic E-state index is -4.35. The molecule has 2 aromatic rings. The average Bonchev–Trinajstić information content (AvgIpc) is 3.26. The fourth-order valence-corrected chi connectivity index (χ4v) is 3.87. The monoisotopic (exact) mass is 495 g/mol. The summed E-state index contributed by atoms with van der Waals surface area (Å²) in [4.78, 5) is 26.8. The van der Waals surface area contributed by atoms with E-state index in [0.717, 1.165) is 5.56 Å². The number of rotatable bonds is 7. The minimum Gasteiger partial charge on any atom is -0.444 e. The summed E-state index contributed by atoms with van der Waals surface area (Å²) >= 11 is 0. The zero-order valence-electron chi connectivity index (χ0n) is 20.2. The number of benzene rings is 1. The Balaban J connectivity index is 1.49. The number of hydrogen-bond acceptors (Lipinski definition) is 4. The van der Waals surface area contributed by atoms with Crippen molar-refractivity contribution in [2.24, 2.45) is 0 Å². The second-order valence-electron chi connectivity index (χ2n) is 9.61. The molecular formula is C25H32F3N3O4. The first-order chi connectivity index (χ1) is 16.4. The molecule has 10 heteroatoms. The molecule has 0 atom stereocenters. The number of ether oxygens (including phenoxy) is 2. The molecule has 1 aromatic carbocycles. The van der Waals surface area contributed by atoms with Gasteiger partial charge in [-0.25, -0.2) is 4.79 Å².